The molecule has 1 heterocycles. The zero-order chi connectivity index (χ0) is 17.6. The number of para-hydroxylation sites is 1. The van der Waals surface area contributed by atoms with Gasteiger partial charge in [-0.2, -0.15) is 0 Å². The maximum atomic E-state index is 12.4. The van der Waals surface area contributed by atoms with E-state index < -0.39 is 0 Å². The van der Waals surface area contributed by atoms with Gasteiger partial charge in [-0.1, -0.05) is 32.0 Å². The highest BCUT2D eigenvalue weighted by Gasteiger charge is 2.28. The highest BCUT2D eigenvalue weighted by molar-refractivity contribution is 5.91. The lowest BCUT2D eigenvalue weighted by Crippen LogP contribution is -2.55. The van der Waals surface area contributed by atoms with Crippen LogP contribution in [0, 0.1) is 0 Å². The summed E-state index contributed by atoms with van der Waals surface area (Å²) in [7, 11) is 0. The number of amides is 2. The number of urea groups is 1. The number of nitrogens with zero attached hydrogens (tertiary/aromatic N) is 1. The Labute approximate surface area is 145 Å². The molecular formula is C19H31N3O2. The van der Waals surface area contributed by atoms with Gasteiger partial charge in [0.25, 0.3) is 0 Å². The summed E-state index contributed by atoms with van der Waals surface area (Å²) in [4.78, 5) is 14.8. The van der Waals surface area contributed by atoms with Gasteiger partial charge in [-0.05, 0) is 37.8 Å². The zero-order valence-corrected chi connectivity index (χ0v) is 15.4. The van der Waals surface area contributed by atoms with Gasteiger partial charge in [0.1, 0.15) is 0 Å². The smallest absolute Gasteiger partial charge is 0.319 e. The van der Waals surface area contributed by atoms with E-state index in [1.165, 1.54) is 11.1 Å². The molecule has 0 aromatic heterocycles. The van der Waals surface area contributed by atoms with Crippen molar-refractivity contribution in [3.05, 3.63) is 29.3 Å². The van der Waals surface area contributed by atoms with Gasteiger partial charge in [0, 0.05) is 30.9 Å². The van der Waals surface area contributed by atoms with Crippen molar-refractivity contribution in [2.45, 2.75) is 46.1 Å². The van der Waals surface area contributed by atoms with E-state index in [1.54, 1.807) is 0 Å². The molecule has 2 amide bonds. The van der Waals surface area contributed by atoms with Crippen molar-refractivity contribution in [3.8, 4) is 0 Å². The number of morpholine rings is 1. The monoisotopic (exact) mass is 333 g/mol. The Morgan fingerprint density at radius 2 is 1.75 bits per heavy atom. The van der Waals surface area contributed by atoms with Crippen molar-refractivity contribution in [1.29, 1.82) is 0 Å². The molecule has 0 spiro atoms. The van der Waals surface area contributed by atoms with Crippen LogP contribution in [-0.4, -0.2) is 49.3 Å². The third-order valence-electron chi connectivity index (χ3n) is 4.79. The zero-order valence-electron chi connectivity index (χ0n) is 15.4. The SMILES string of the molecule is CCc1cccc(CC)c1NC(=O)NCC(C)(C)N1CCOCC1. The highest BCUT2D eigenvalue weighted by Crippen LogP contribution is 2.22. The van der Waals surface area contributed by atoms with Gasteiger partial charge in [-0.3, -0.25) is 4.90 Å². The number of hydrogen-bond donors (Lipinski definition) is 2. The van der Waals surface area contributed by atoms with Gasteiger partial charge >= 0.3 is 6.03 Å². The minimum atomic E-state index is -0.132. The summed E-state index contributed by atoms with van der Waals surface area (Å²) in [5, 5.41) is 6.10. The summed E-state index contributed by atoms with van der Waals surface area (Å²) in [5.74, 6) is 0. The van der Waals surface area contributed by atoms with Crippen molar-refractivity contribution in [3.63, 3.8) is 0 Å². The highest BCUT2D eigenvalue weighted by atomic mass is 16.5. The summed E-state index contributed by atoms with van der Waals surface area (Å²) in [6, 6.07) is 6.08. The Balaban J connectivity index is 1.96. The normalized spacial score (nSPS) is 16.0. The molecule has 2 N–H and O–H groups in total. The first kappa shape index (κ1) is 18.7. The molecule has 1 saturated heterocycles. The first-order valence-corrected chi connectivity index (χ1v) is 8.96. The van der Waals surface area contributed by atoms with Crippen LogP contribution in [-0.2, 0) is 17.6 Å². The molecule has 2 rings (SSSR count). The topological polar surface area (TPSA) is 53.6 Å². The van der Waals surface area contributed by atoms with E-state index >= 15 is 0 Å². The van der Waals surface area contributed by atoms with Crippen molar-refractivity contribution in [2.24, 2.45) is 0 Å². The minimum absolute atomic E-state index is 0.0843. The van der Waals surface area contributed by atoms with E-state index in [0.717, 1.165) is 44.8 Å². The average molecular weight is 333 g/mol. The standard InChI is InChI=1S/C19H31N3O2/c1-5-15-8-7-9-16(6-2)17(15)21-18(23)20-14-19(3,4)22-10-12-24-13-11-22/h7-9H,5-6,10-14H2,1-4H3,(H2,20,21,23). The molecule has 0 unspecified atom stereocenters. The van der Waals surface area contributed by atoms with Gasteiger partial charge in [0.2, 0.25) is 0 Å². The molecule has 0 aliphatic carbocycles. The summed E-state index contributed by atoms with van der Waals surface area (Å²) in [6.45, 7) is 12.5. The molecule has 24 heavy (non-hydrogen) atoms. The quantitative estimate of drug-likeness (QED) is 0.841. The van der Waals surface area contributed by atoms with Crippen LogP contribution in [0.2, 0.25) is 0 Å². The lowest BCUT2D eigenvalue weighted by Gasteiger charge is -2.40. The fraction of sp³-hybridized carbons (Fsp3) is 0.632. The number of hydrogen-bond acceptors (Lipinski definition) is 3. The largest absolute Gasteiger partial charge is 0.379 e. The van der Waals surface area contributed by atoms with Crippen molar-refractivity contribution < 1.29 is 9.53 Å². The first-order valence-electron chi connectivity index (χ1n) is 8.96. The van der Waals surface area contributed by atoms with E-state index in [-0.39, 0.29) is 11.6 Å². The molecule has 1 fully saturated rings. The van der Waals surface area contributed by atoms with Crippen LogP contribution in [0.5, 0.6) is 0 Å². The van der Waals surface area contributed by atoms with Crippen molar-refractivity contribution in [2.75, 3.05) is 38.2 Å². The van der Waals surface area contributed by atoms with Crippen LogP contribution < -0.4 is 10.6 Å². The maximum Gasteiger partial charge on any atom is 0.319 e. The molecule has 0 saturated carbocycles. The van der Waals surface area contributed by atoms with Crippen LogP contribution in [0.25, 0.3) is 0 Å². The fourth-order valence-electron chi connectivity index (χ4n) is 3.14. The molecule has 134 valence electrons. The molecule has 1 aromatic carbocycles. The van der Waals surface area contributed by atoms with Gasteiger partial charge < -0.3 is 15.4 Å². The predicted octanol–water partition coefficient (Wildman–Crippen LogP) is 3.04. The number of benzene rings is 1. The number of ether oxygens (including phenoxy) is 1. The number of aryl methyl sites for hydroxylation is 2. The van der Waals surface area contributed by atoms with Gasteiger partial charge in [-0.15, -0.1) is 0 Å². The van der Waals surface area contributed by atoms with E-state index in [1.807, 2.05) is 0 Å². The van der Waals surface area contributed by atoms with Crippen LogP contribution in [0.3, 0.4) is 0 Å². The minimum Gasteiger partial charge on any atom is -0.379 e. The third kappa shape index (κ3) is 4.71. The summed E-state index contributed by atoms with van der Waals surface area (Å²) >= 11 is 0. The Kier molecular flexibility index (Phi) is 6.63. The second kappa shape index (κ2) is 8.49. The summed E-state index contributed by atoms with van der Waals surface area (Å²) < 4.78 is 5.41. The van der Waals surface area contributed by atoms with Gasteiger partial charge in [0.15, 0.2) is 0 Å². The molecule has 0 atom stereocenters. The average Bonchev–Trinajstić information content (AvgIpc) is 2.61. The Bertz CT molecular complexity index is 529. The molecule has 1 aromatic rings. The Morgan fingerprint density at radius 3 is 2.29 bits per heavy atom. The lowest BCUT2D eigenvalue weighted by atomic mass is 10.0. The van der Waals surface area contributed by atoms with Crippen molar-refractivity contribution >= 4 is 11.7 Å². The third-order valence-corrected chi connectivity index (χ3v) is 4.79. The van der Waals surface area contributed by atoms with E-state index in [4.69, 9.17) is 4.74 Å². The predicted molar refractivity (Wildman–Crippen MR) is 98.7 cm³/mol. The molecule has 0 radical (unpaired) electrons. The number of anilines is 1. The Hall–Kier alpha value is -1.59. The van der Waals surface area contributed by atoms with Gasteiger partial charge in [0.05, 0.1) is 13.2 Å². The second-order valence-electron chi connectivity index (χ2n) is 6.88. The lowest BCUT2D eigenvalue weighted by molar-refractivity contribution is -0.00863. The summed E-state index contributed by atoms with van der Waals surface area (Å²) in [5.41, 5.74) is 3.23. The summed E-state index contributed by atoms with van der Waals surface area (Å²) in [6.07, 6.45) is 1.81. The molecule has 5 heteroatoms. The number of rotatable bonds is 6. The Morgan fingerprint density at radius 1 is 1.17 bits per heavy atom. The molecule has 1 aliphatic heterocycles. The molecule has 1 aliphatic rings. The van der Waals surface area contributed by atoms with Crippen LogP contribution in [0.15, 0.2) is 18.2 Å². The van der Waals surface area contributed by atoms with E-state index in [2.05, 4.69) is 61.4 Å². The van der Waals surface area contributed by atoms with Crippen molar-refractivity contribution in [1.82, 2.24) is 10.2 Å². The fourth-order valence-corrected chi connectivity index (χ4v) is 3.14. The number of nitrogens with one attached hydrogen (secondary N) is 2. The van der Waals surface area contributed by atoms with Crippen LogP contribution in [0.1, 0.15) is 38.8 Å². The van der Waals surface area contributed by atoms with Crippen LogP contribution >= 0.6 is 0 Å². The second-order valence-corrected chi connectivity index (χ2v) is 6.88. The molecule has 5 nitrogen and oxygen atoms in total. The van der Waals surface area contributed by atoms with E-state index in [0.29, 0.717) is 6.54 Å². The number of carbonyl (C=O) groups excluding carboxylic acids is 1. The molecular weight excluding hydrogens is 302 g/mol. The van der Waals surface area contributed by atoms with Gasteiger partial charge in [-0.25, -0.2) is 4.79 Å². The number of carbonyl (C=O) groups is 1. The first-order chi connectivity index (χ1) is 11.5. The maximum absolute atomic E-state index is 12.4. The molecule has 0 bridgehead atoms. The van der Waals surface area contributed by atoms with E-state index in [9.17, 15) is 4.79 Å². The van der Waals surface area contributed by atoms with Crippen LogP contribution in [0.4, 0.5) is 10.5 Å².